The fourth-order valence-corrected chi connectivity index (χ4v) is 0. The summed E-state index contributed by atoms with van der Waals surface area (Å²) in [6.45, 7) is 0. The van der Waals surface area contributed by atoms with E-state index in [1.807, 2.05) is 0 Å². The minimum atomic E-state index is 0. The van der Waals surface area contributed by atoms with Gasteiger partial charge in [0.25, 0.3) is 0 Å². The van der Waals surface area contributed by atoms with E-state index in [-0.39, 0.29) is 63.4 Å². The molecule has 4 heteroatoms. The number of hydrogen-bond acceptors (Lipinski definition) is 0. The summed E-state index contributed by atoms with van der Waals surface area (Å²) in [7, 11) is 0. The second kappa shape index (κ2) is 21.8. The second-order valence-electron chi connectivity index (χ2n) is 0. The van der Waals surface area contributed by atoms with Gasteiger partial charge in [-0.15, -0.1) is 37.2 Å². The third kappa shape index (κ3) is 9.26. The number of halogens is 3. The van der Waals surface area contributed by atoms with Crippen molar-refractivity contribution in [2.45, 2.75) is 0 Å². The fourth-order valence-electron chi connectivity index (χ4n) is 0. The van der Waals surface area contributed by atoms with Crippen LogP contribution in [-0.4, -0.2) is 26.2 Å². The summed E-state index contributed by atoms with van der Waals surface area (Å²) in [5.41, 5.74) is 0. The Morgan fingerprint density at radius 2 is 0.500 bits per heavy atom. The van der Waals surface area contributed by atoms with Crippen LogP contribution in [0.2, 0.25) is 0 Å². The number of hydrogen-bond donors (Lipinski definition) is 0. The monoisotopic (exact) mass is 317 g/mol. The molecule has 0 aliphatic rings. The smallest absolute Gasteiger partial charge is 0 e. The molecular weight excluding hydrogens is 315 g/mol. The van der Waals surface area contributed by atoms with Crippen molar-refractivity contribution in [1.82, 2.24) is 0 Å². The fraction of sp³-hybridized carbons (Fsp3) is 0. The molecule has 0 aliphatic heterocycles. The molecule has 0 aromatic heterocycles. The van der Waals surface area contributed by atoms with Crippen LogP contribution in [0.1, 0.15) is 0 Å². The molecule has 0 fully saturated rings. The zero-order chi connectivity index (χ0) is 0. The predicted molar refractivity (Wildman–Crippen MR) is 27.5 cm³/mol. The van der Waals surface area contributed by atoms with Crippen LogP contribution in [0.15, 0.2) is 0 Å². The summed E-state index contributed by atoms with van der Waals surface area (Å²) in [6, 6.07) is 0. The van der Waals surface area contributed by atoms with Gasteiger partial charge in [0, 0.05) is 26.2 Å². The maximum atomic E-state index is 0. The molecule has 4 heavy (non-hydrogen) atoms. The van der Waals surface area contributed by atoms with E-state index in [1.54, 1.807) is 0 Å². The van der Waals surface area contributed by atoms with Gasteiger partial charge in [-0.3, -0.25) is 0 Å². The van der Waals surface area contributed by atoms with E-state index in [2.05, 4.69) is 0 Å². The first-order chi connectivity index (χ1) is 0. The van der Waals surface area contributed by atoms with Gasteiger partial charge < -0.3 is 0 Å². The SMILES string of the molecule is Cl.Cl.Cl.[Bi]. The Hall–Kier alpha value is 1.75. The predicted octanol–water partition coefficient (Wildman–Crippen LogP) is 0.885. The van der Waals surface area contributed by atoms with Crippen LogP contribution in [0.5, 0.6) is 0 Å². The van der Waals surface area contributed by atoms with E-state index >= 15 is 0 Å². The van der Waals surface area contributed by atoms with Gasteiger partial charge in [0.2, 0.25) is 0 Å². The van der Waals surface area contributed by atoms with Gasteiger partial charge in [-0.1, -0.05) is 0 Å². The van der Waals surface area contributed by atoms with E-state index in [9.17, 15) is 0 Å². The van der Waals surface area contributed by atoms with Crippen molar-refractivity contribution >= 4 is 63.4 Å². The third-order valence-corrected chi connectivity index (χ3v) is 0. The molecule has 0 spiro atoms. The van der Waals surface area contributed by atoms with Crippen molar-refractivity contribution in [3.63, 3.8) is 0 Å². The van der Waals surface area contributed by atoms with Crippen LogP contribution in [0.3, 0.4) is 0 Å². The van der Waals surface area contributed by atoms with Crippen LogP contribution in [-0.2, 0) is 0 Å². The Morgan fingerprint density at radius 1 is 0.500 bits per heavy atom. The van der Waals surface area contributed by atoms with Gasteiger partial charge in [-0.25, -0.2) is 0 Å². The average molecular weight is 318 g/mol. The summed E-state index contributed by atoms with van der Waals surface area (Å²) < 4.78 is 0. The molecule has 0 aromatic rings. The van der Waals surface area contributed by atoms with Gasteiger partial charge in [0.05, 0.1) is 0 Å². The number of rotatable bonds is 0. The maximum Gasteiger partial charge on any atom is 0 e. The first-order valence-corrected chi connectivity index (χ1v) is 0. The quantitative estimate of drug-likeness (QED) is 0.582. The molecule has 3 radical (unpaired) electrons. The molecule has 0 amide bonds. The van der Waals surface area contributed by atoms with Gasteiger partial charge in [0.1, 0.15) is 0 Å². The van der Waals surface area contributed by atoms with Crippen molar-refractivity contribution in [2.24, 2.45) is 0 Å². The van der Waals surface area contributed by atoms with Crippen molar-refractivity contribution in [3.05, 3.63) is 0 Å². The molecule has 0 rings (SSSR count). The maximum absolute atomic E-state index is 0. The summed E-state index contributed by atoms with van der Waals surface area (Å²) in [4.78, 5) is 0. The van der Waals surface area contributed by atoms with E-state index in [1.165, 1.54) is 0 Å². The molecule has 0 saturated heterocycles. The molecule has 29 valence electrons. The summed E-state index contributed by atoms with van der Waals surface area (Å²) in [5, 5.41) is 0. The normalized spacial score (nSPS) is 0. The molecule has 0 unspecified atom stereocenters. The van der Waals surface area contributed by atoms with Crippen LogP contribution in [0.4, 0.5) is 0 Å². The molecule has 0 saturated carbocycles. The van der Waals surface area contributed by atoms with Crippen molar-refractivity contribution in [1.29, 1.82) is 0 Å². The zero-order valence-corrected chi connectivity index (χ0v) is 7.60. The Labute approximate surface area is 63.1 Å². The van der Waals surface area contributed by atoms with Crippen LogP contribution >= 0.6 is 37.2 Å². The van der Waals surface area contributed by atoms with Gasteiger partial charge >= 0.3 is 0 Å². The van der Waals surface area contributed by atoms with E-state index in [4.69, 9.17) is 0 Å². The van der Waals surface area contributed by atoms with Gasteiger partial charge in [-0.05, 0) is 0 Å². The average Bonchev–Trinajstić information content (AvgIpc) is 0. The Morgan fingerprint density at radius 3 is 0.500 bits per heavy atom. The van der Waals surface area contributed by atoms with Gasteiger partial charge in [-0.2, -0.15) is 0 Å². The van der Waals surface area contributed by atoms with E-state index < -0.39 is 0 Å². The molecule has 0 aromatic carbocycles. The minimum absolute atomic E-state index is 0. The van der Waals surface area contributed by atoms with Crippen molar-refractivity contribution < 1.29 is 0 Å². The van der Waals surface area contributed by atoms with Crippen molar-refractivity contribution in [2.75, 3.05) is 0 Å². The van der Waals surface area contributed by atoms with Gasteiger partial charge in [0.15, 0.2) is 0 Å². The third-order valence-electron chi connectivity index (χ3n) is 0. The van der Waals surface area contributed by atoms with Crippen LogP contribution in [0.25, 0.3) is 0 Å². The van der Waals surface area contributed by atoms with Crippen molar-refractivity contribution in [3.8, 4) is 0 Å². The Kier molecular flexibility index (Phi) is 230. The molecule has 0 heterocycles. The summed E-state index contributed by atoms with van der Waals surface area (Å²) in [6.07, 6.45) is 0. The largest absolute Gasteiger partial charge is 0.147 e. The Bertz CT molecular complexity index is 3.25. The summed E-state index contributed by atoms with van der Waals surface area (Å²) >= 11 is 0. The van der Waals surface area contributed by atoms with Crippen LogP contribution in [0, 0.1) is 0 Å². The topological polar surface area (TPSA) is 0 Å². The molecule has 0 atom stereocenters. The first kappa shape index (κ1) is 42.3. The molecule has 0 N–H and O–H groups in total. The molecular formula is H3BiCl3. The zero-order valence-electron chi connectivity index (χ0n) is 1.67. The summed E-state index contributed by atoms with van der Waals surface area (Å²) in [5.74, 6) is 0. The first-order valence-electron chi connectivity index (χ1n) is 0. The van der Waals surface area contributed by atoms with E-state index in [0.717, 1.165) is 0 Å². The standard InChI is InChI=1S/Bi.3ClH/h;3*1H. The minimum Gasteiger partial charge on any atom is -0.147 e. The Balaban J connectivity index is 0. The second-order valence-corrected chi connectivity index (χ2v) is 0. The molecule has 0 nitrogen and oxygen atoms in total. The molecule has 0 aliphatic carbocycles. The van der Waals surface area contributed by atoms with Crippen LogP contribution < -0.4 is 0 Å². The van der Waals surface area contributed by atoms with E-state index in [0.29, 0.717) is 0 Å². The molecule has 0 bridgehead atoms.